The van der Waals surface area contributed by atoms with Gasteiger partial charge in [-0.1, -0.05) is 12.1 Å². The molecule has 1 aromatic carbocycles. The highest BCUT2D eigenvalue weighted by Gasteiger charge is 2.33. The molecule has 1 heterocycles. The molecule has 1 fully saturated rings. The summed E-state index contributed by atoms with van der Waals surface area (Å²) in [5, 5.41) is 9.01. The fourth-order valence-electron chi connectivity index (χ4n) is 1.90. The van der Waals surface area contributed by atoms with Crippen LogP contribution in [0.3, 0.4) is 0 Å². The molecule has 1 saturated heterocycles. The van der Waals surface area contributed by atoms with E-state index < -0.39 is 18.0 Å². The molecular weight excluding hydrogens is 250 g/mol. The molecule has 6 nitrogen and oxygen atoms in total. The monoisotopic (exact) mass is 265 g/mol. The number of nitrogens with zero attached hydrogens (tertiary/aromatic N) is 1. The average Bonchev–Trinajstić information content (AvgIpc) is 2.40. The van der Waals surface area contributed by atoms with Crippen LogP contribution in [0.4, 0.5) is 10.5 Å². The lowest BCUT2D eigenvalue weighted by molar-refractivity contribution is -0.143. The molecule has 6 heteroatoms. The fourth-order valence-corrected chi connectivity index (χ4v) is 1.90. The van der Waals surface area contributed by atoms with Crippen LogP contribution in [0.5, 0.6) is 5.75 Å². The van der Waals surface area contributed by atoms with Gasteiger partial charge in [0.2, 0.25) is 0 Å². The van der Waals surface area contributed by atoms with Gasteiger partial charge < -0.3 is 14.6 Å². The minimum Gasteiger partial charge on any atom is -0.492 e. The van der Waals surface area contributed by atoms with Gasteiger partial charge in [0.05, 0.1) is 12.3 Å². The lowest BCUT2D eigenvalue weighted by Gasteiger charge is -2.31. The van der Waals surface area contributed by atoms with Gasteiger partial charge >= 0.3 is 12.1 Å². The Balaban J connectivity index is 2.28. The summed E-state index contributed by atoms with van der Waals surface area (Å²) in [4.78, 5) is 24.1. The van der Waals surface area contributed by atoms with E-state index in [0.717, 1.165) is 0 Å². The van der Waals surface area contributed by atoms with Crippen LogP contribution < -0.4 is 9.64 Å². The van der Waals surface area contributed by atoms with Crippen molar-refractivity contribution in [3.63, 3.8) is 0 Å². The van der Waals surface area contributed by atoms with E-state index >= 15 is 0 Å². The van der Waals surface area contributed by atoms with Crippen molar-refractivity contribution in [3.8, 4) is 5.75 Å². The van der Waals surface area contributed by atoms with E-state index in [4.69, 9.17) is 14.6 Å². The minimum absolute atomic E-state index is 0.0816. The van der Waals surface area contributed by atoms with Gasteiger partial charge in [-0.05, 0) is 19.1 Å². The molecule has 1 amide bonds. The SMILES string of the molecule is CCOc1ccccc1N1CC(C(=O)O)COC1=O. The molecule has 1 aliphatic heterocycles. The number of rotatable bonds is 4. The summed E-state index contributed by atoms with van der Waals surface area (Å²) in [5.41, 5.74) is 0.528. The quantitative estimate of drug-likeness (QED) is 0.897. The standard InChI is InChI=1S/C13H15NO5/c1-2-18-11-6-4-3-5-10(11)14-7-9(12(15)16)8-19-13(14)17/h3-6,9H,2,7-8H2,1H3,(H,15,16). The maximum atomic E-state index is 11.8. The van der Waals surface area contributed by atoms with E-state index in [1.165, 1.54) is 4.90 Å². The number of benzene rings is 1. The molecule has 1 atom stereocenters. The van der Waals surface area contributed by atoms with Crippen molar-refractivity contribution in [2.24, 2.45) is 5.92 Å². The Hall–Kier alpha value is -2.24. The Morgan fingerprint density at radius 2 is 2.26 bits per heavy atom. The molecule has 1 aliphatic rings. The van der Waals surface area contributed by atoms with Crippen molar-refractivity contribution in [2.45, 2.75) is 6.92 Å². The zero-order valence-corrected chi connectivity index (χ0v) is 10.5. The van der Waals surface area contributed by atoms with Crippen LogP contribution in [0, 0.1) is 5.92 Å². The Morgan fingerprint density at radius 3 is 2.95 bits per heavy atom. The topological polar surface area (TPSA) is 76.1 Å². The Bertz CT molecular complexity index is 488. The Labute approximate surface area is 110 Å². The van der Waals surface area contributed by atoms with Crippen molar-refractivity contribution >= 4 is 17.7 Å². The molecule has 2 rings (SSSR count). The summed E-state index contributed by atoms with van der Waals surface area (Å²) in [6, 6.07) is 6.99. The molecule has 19 heavy (non-hydrogen) atoms. The molecular formula is C13H15NO5. The first-order chi connectivity index (χ1) is 9.13. The molecule has 102 valence electrons. The molecule has 0 saturated carbocycles. The summed E-state index contributed by atoms with van der Waals surface area (Å²) >= 11 is 0. The molecule has 1 aromatic rings. The predicted octanol–water partition coefficient (Wildman–Crippen LogP) is 1.74. The van der Waals surface area contributed by atoms with E-state index in [1.807, 2.05) is 6.92 Å². The highest BCUT2D eigenvalue weighted by atomic mass is 16.6. The van der Waals surface area contributed by atoms with Crippen LogP contribution in [-0.4, -0.2) is 36.9 Å². The van der Waals surface area contributed by atoms with Crippen LogP contribution in [0.25, 0.3) is 0 Å². The number of amides is 1. The van der Waals surface area contributed by atoms with E-state index in [0.29, 0.717) is 18.0 Å². The second-order valence-corrected chi connectivity index (χ2v) is 4.12. The van der Waals surface area contributed by atoms with Gasteiger partial charge in [0.1, 0.15) is 18.3 Å². The number of aliphatic carboxylic acids is 1. The van der Waals surface area contributed by atoms with Gasteiger partial charge in [-0.25, -0.2) is 4.79 Å². The van der Waals surface area contributed by atoms with Crippen LogP contribution in [0.2, 0.25) is 0 Å². The van der Waals surface area contributed by atoms with Crippen LogP contribution in [-0.2, 0) is 9.53 Å². The number of carboxylic acids is 1. The number of carbonyl (C=O) groups is 2. The van der Waals surface area contributed by atoms with Gasteiger partial charge in [-0.2, -0.15) is 0 Å². The fraction of sp³-hybridized carbons (Fsp3) is 0.385. The van der Waals surface area contributed by atoms with Crippen molar-refractivity contribution < 1.29 is 24.2 Å². The molecule has 0 radical (unpaired) electrons. The van der Waals surface area contributed by atoms with E-state index in [1.54, 1.807) is 24.3 Å². The zero-order chi connectivity index (χ0) is 13.8. The van der Waals surface area contributed by atoms with Gasteiger partial charge in [-0.3, -0.25) is 9.69 Å². The third-order valence-electron chi connectivity index (χ3n) is 2.84. The lowest BCUT2D eigenvalue weighted by Crippen LogP contribution is -2.46. The van der Waals surface area contributed by atoms with Gasteiger partial charge in [0.15, 0.2) is 0 Å². The largest absolute Gasteiger partial charge is 0.492 e. The molecule has 0 bridgehead atoms. The summed E-state index contributed by atoms with van der Waals surface area (Å²) in [6.45, 7) is 2.29. The van der Waals surface area contributed by atoms with Crippen molar-refractivity contribution in [3.05, 3.63) is 24.3 Å². The number of carboxylic acid groups (broad SMARTS) is 1. The van der Waals surface area contributed by atoms with Crippen molar-refractivity contribution in [2.75, 3.05) is 24.7 Å². The first-order valence-electron chi connectivity index (χ1n) is 6.02. The number of anilines is 1. The van der Waals surface area contributed by atoms with Gasteiger partial charge in [-0.15, -0.1) is 0 Å². The molecule has 0 aromatic heterocycles. The smallest absolute Gasteiger partial charge is 0.414 e. The van der Waals surface area contributed by atoms with Crippen molar-refractivity contribution in [1.29, 1.82) is 0 Å². The maximum absolute atomic E-state index is 11.8. The van der Waals surface area contributed by atoms with Crippen LogP contribution in [0.1, 0.15) is 6.92 Å². The normalized spacial score (nSPS) is 18.9. The first kappa shape index (κ1) is 13.2. The number of para-hydroxylation sites is 2. The minimum atomic E-state index is -0.980. The highest BCUT2D eigenvalue weighted by Crippen LogP contribution is 2.30. The summed E-state index contributed by atoms with van der Waals surface area (Å²) in [6.07, 6.45) is -0.551. The number of hydrogen-bond donors (Lipinski definition) is 1. The Kier molecular flexibility index (Phi) is 3.89. The van der Waals surface area contributed by atoms with Gasteiger partial charge in [0.25, 0.3) is 0 Å². The Morgan fingerprint density at radius 1 is 1.53 bits per heavy atom. The van der Waals surface area contributed by atoms with E-state index in [9.17, 15) is 9.59 Å². The van der Waals surface area contributed by atoms with Gasteiger partial charge in [0, 0.05) is 6.54 Å². The average molecular weight is 265 g/mol. The zero-order valence-electron chi connectivity index (χ0n) is 10.5. The second kappa shape index (κ2) is 5.60. The van der Waals surface area contributed by atoms with Crippen LogP contribution in [0.15, 0.2) is 24.3 Å². The third kappa shape index (κ3) is 2.78. The molecule has 0 aliphatic carbocycles. The number of cyclic esters (lactones) is 1. The molecule has 1 unspecified atom stereocenters. The third-order valence-corrected chi connectivity index (χ3v) is 2.84. The van der Waals surface area contributed by atoms with E-state index in [-0.39, 0.29) is 13.2 Å². The summed E-state index contributed by atoms with van der Waals surface area (Å²) in [5.74, 6) is -1.17. The maximum Gasteiger partial charge on any atom is 0.414 e. The first-order valence-corrected chi connectivity index (χ1v) is 6.02. The number of hydrogen-bond acceptors (Lipinski definition) is 4. The highest BCUT2D eigenvalue weighted by molar-refractivity contribution is 5.91. The lowest BCUT2D eigenvalue weighted by atomic mass is 10.1. The second-order valence-electron chi connectivity index (χ2n) is 4.12. The number of carbonyl (C=O) groups excluding carboxylic acids is 1. The van der Waals surface area contributed by atoms with Crippen molar-refractivity contribution in [1.82, 2.24) is 0 Å². The van der Waals surface area contributed by atoms with Crippen LogP contribution >= 0.6 is 0 Å². The summed E-state index contributed by atoms with van der Waals surface area (Å²) in [7, 11) is 0. The summed E-state index contributed by atoms with van der Waals surface area (Å²) < 4.78 is 10.3. The van der Waals surface area contributed by atoms with E-state index in [2.05, 4.69) is 0 Å². The number of ether oxygens (including phenoxy) is 2. The molecule has 1 N–H and O–H groups in total. The molecule has 0 spiro atoms. The predicted molar refractivity (Wildman–Crippen MR) is 67.4 cm³/mol.